The van der Waals surface area contributed by atoms with E-state index in [-0.39, 0.29) is 29.5 Å². The van der Waals surface area contributed by atoms with Crippen LogP contribution in [0, 0.1) is 0 Å². The fourth-order valence-corrected chi connectivity index (χ4v) is 3.73. The van der Waals surface area contributed by atoms with E-state index in [2.05, 4.69) is 4.98 Å². The van der Waals surface area contributed by atoms with Crippen LogP contribution in [0.2, 0.25) is 0 Å². The van der Waals surface area contributed by atoms with Crippen molar-refractivity contribution in [2.45, 2.75) is 18.9 Å². The van der Waals surface area contributed by atoms with E-state index in [0.29, 0.717) is 42.8 Å². The standard InChI is InChI=1S/C20H19N3O4/c1-27-16-7-3-2-5-14(16)18(24)22-11-8-13(9-12-22)23-19(25)15-6-4-10-21-17(15)20(23)26/h2-7,10,13H,8-9,11-12H2,1H3. The van der Waals surface area contributed by atoms with Gasteiger partial charge in [-0.3, -0.25) is 24.3 Å². The highest BCUT2D eigenvalue weighted by Crippen LogP contribution is 2.28. The van der Waals surface area contributed by atoms with E-state index in [0.717, 1.165) is 0 Å². The van der Waals surface area contributed by atoms with Crippen molar-refractivity contribution in [1.29, 1.82) is 0 Å². The molecule has 0 atom stereocenters. The highest BCUT2D eigenvalue weighted by molar-refractivity contribution is 6.20. The quantitative estimate of drug-likeness (QED) is 0.777. The highest BCUT2D eigenvalue weighted by atomic mass is 16.5. The summed E-state index contributed by atoms with van der Waals surface area (Å²) in [5.74, 6) is -0.200. The second-order valence-electron chi connectivity index (χ2n) is 6.60. The Morgan fingerprint density at radius 2 is 1.81 bits per heavy atom. The molecule has 7 heteroatoms. The summed E-state index contributed by atoms with van der Waals surface area (Å²) in [5, 5.41) is 0. The molecule has 138 valence electrons. The number of pyridine rings is 1. The van der Waals surface area contributed by atoms with Gasteiger partial charge in [-0.2, -0.15) is 0 Å². The van der Waals surface area contributed by atoms with Gasteiger partial charge >= 0.3 is 0 Å². The Balaban J connectivity index is 1.46. The number of fused-ring (bicyclic) bond motifs is 1. The topological polar surface area (TPSA) is 79.8 Å². The van der Waals surface area contributed by atoms with Gasteiger partial charge in [-0.15, -0.1) is 0 Å². The zero-order valence-electron chi connectivity index (χ0n) is 14.9. The number of carbonyl (C=O) groups excluding carboxylic acids is 3. The first-order chi connectivity index (χ1) is 13.1. The third kappa shape index (κ3) is 2.85. The number of piperidine rings is 1. The predicted molar refractivity (Wildman–Crippen MR) is 96.7 cm³/mol. The molecule has 2 aliphatic rings. The minimum Gasteiger partial charge on any atom is -0.496 e. The van der Waals surface area contributed by atoms with Crippen LogP contribution in [0.25, 0.3) is 0 Å². The van der Waals surface area contributed by atoms with Crippen LogP contribution in [-0.2, 0) is 0 Å². The molecule has 0 bridgehead atoms. The summed E-state index contributed by atoms with van der Waals surface area (Å²) < 4.78 is 5.27. The molecule has 1 fully saturated rings. The van der Waals surface area contributed by atoms with Gasteiger partial charge in [0.25, 0.3) is 17.7 Å². The molecule has 1 aromatic carbocycles. The minimum absolute atomic E-state index is 0.102. The maximum Gasteiger partial charge on any atom is 0.280 e. The van der Waals surface area contributed by atoms with Gasteiger partial charge in [0, 0.05) is 25.3 Å². The first kappa shape index (κ1) is 17.2. The number of aromatic nitrogens is 1. The Morgan fingerprint density at radius 1 is 1.07 bits per heavy atom. The Hall–Kier alpha value is -3.22. The molecule has 3 amide bonds. The van der Waals surface area contributed by atoms with Crippen molar-refractivity contribution in [2.24, 2.45) is 0 Å². The molecular formula is C20H19N3O4. The Labute approximate surface area is 156 Å². The molecule has 1 aromatic heterocycles. The van der Waals surface area contributed by atoms with E-state index in [9.17, 15) is 14.4 Å². The van der Waals surface area contributed by atoms with E-state index in [1.54, 1.807) is 35.2 Å². The van der Waals surface area contributed by atoms with Crippen molar-refractivity contribution < 1.29 is 19.1 Å². The van der Waals surface area contributed by atoms with E-state index in [4.69, 9.17) is 4.74 Å². The Morgan fingerprint density at radius 3 is 2.52 bits per heavy atom. The van der Waals surface area contributed by atoms with Crippen molar-refractivity contribution >= 4 is 17.7 Å². The maximum absolute atomic E-state index is 12.8. The van der Waals surface area contributed by atoms with Gasteiger partial charge in [-0.05, 0) is 37.1 Å². The second kappa shape index (κ2) is 6.83. The van der Waals surface area contributed by atoms with Crippen LogP contribution in [0.1, 0.15) is 44.0 Å². The first-order valence-corrected chi connectivity index (χ1v) is 8.87. The van der Waals surface area contributed by atoms with E-state index in [1.807, 2.05) is 6.07 Å². The lowest BCUT2D eigenvalue weighted by molar-refractivity contribution is 0.0476. The van der Waals surface area contributed by atoms with Crippen LogP contribution < -0.4 is 4.74 Å². The number of likely N-dealkylation sites (tertiary alicyclic amines) is 1. The van der Waals surface area contributed by atoms with Gasteiger partial charge in [0.1, 0.15) is 11.4 Å². The third-order valence-electron chi connectivity index (χ3n) is 5.13. The van der Waals surface area contributed by atoms with Gasteiger partial charge in [0.05, 0.1) is 18.2 Å². The van der Waals surface area contributed by atoms with Gasteiger partial charge < -0.3 is 9.64 Å². The predicted octanol–water partition coefficient (Wildman–Crippen LogP) is 1.99. The van der Waals surface area contributed by atoms with Crippen molar-refractivity contribution in [3.05, 3.63) is 59.4 Å². The molecule has 0 spiro atoms. The smallest absolute Gasteiger partial charge is 0.280 e. The van der Waals surface area contributed by atoms with Gasteiger partial charge in [0.2, 0.25) is 0 Å². The number of hydrogen-bond donors (Lipinski definition) is 0. The van der Waals surface area contributed by atoms with Crippen LogP contribution in [0.3, 0.4) is 0 Å². The summed E-state index contributed by atoms with van der Waals surface area (Å²) in [5.41, 5.74) is 1.09. The lowest BCUT2D eigenvalue weighted by Crippen LogP contribution is -2.48. The molecule has 0 aliphatic carbocycles. The summed E-state index contributed by atoms with van der Waals surface area (Å²) in [6, 6.07) is 10.2. The number of benzene rings is 1. The molecule has 27 heavy (non-hydrogen) atoms. The third-order valence-corrected chi connectivity index (χ3v) is 5.13. The van der Waals surface area contributed by atoms with Crippen LogP contribution in [0.5, 0.6) is 5.75 Å². The molecule has 0 unspecified atom stereocenters. The number of carbonyl (C=O) groups is 3. The molecule has 4 rings (SSSR count). The first-order valence-electron chi connectivity index (χ1n) is 8.87. The zero-order chi connectivity index (χ0) is 19.0. The Kier molecular flexibility index (Phi) is 4.35. The second-order valence-corrected chi connectivity index (χ2v) is 6.60. The molecule has 0 saturated carbocycles. The fourth-order valence-electron chi connectivity index (χ4n) is 3.73. The summed E-state index contributed by atoms with van der Waals surface area (Å²) in [6.45, 7) is 0.949. The number of methoxy groups -OCH3 is 1. The molecular weight excluding hydrogens is 346 g/mol. The molecule has 3 heterocycles. The summed E-state index contributed by atoms with van der Waals surface area (Å²) in [7, 11) is 1.54. The van der Waals surface area contributed by atoms with Crippen LogP contribution in [-0.4, -0.2) is 58.7 Å². The van der Waals surface area contributed by atoms with Crippen molar-refractivity contribution in [3.8, 4) is 5.75 Å². The van der Waals surface area contributed by atoms with Gasteiger partial charge in [-0.1, -0.05) is 12.1 Å². The highest BCUT2D eigenvalue weighted by Gasteiger charge is 2.42. The largest absolute Gasteiger partial charge is 0.496 e. The van der Waals surface area contributed by atoms with E-state index < -0.39 is 0 Å². The molecule has 1 saturated heterocycles. The maximum atomic E-state index is 12.8. The fraction of sp³-hybridized carbons (Fsp3) is 0.300. The van der Waals surface area contributed by atoms with Crippen LogP contribution >= 0.6 is 0 Å². The number of imide groups is 1. The van der Waals surface area contributed by atoms with Gasteiger partial charge in [-0.25, -0.2) is 0 Å². The van der Waals surface area contributed by atoms with E-state index >= 15 is 0 Å². The number of ether oxygens (including phenoxy) is 1. The van der Waals surface area contributed by atoms with Gasteiger partial charge in [0.15, 0.2) is 0 Å². The lowest BCUT2D eigenvalue weighted by atomic mass is 10.0. The number of amides is 3. The summed E-state index contributed by atoms with van der Waals surface area (Å²) in [4.78, 5) is 45.1. The lowest BCUT2D eigenvalue weighted by Gasteiger charge is -2.35. The van der Waals surface area contributed by atoms with Crippen LogP contribution in [0.15, 0.2) is 42.6 Å². The Bertz CT molecular complexity index is 884. The zero-order valence-corrected chi connectivity index (χ0v) is 14.9. The van der Waals surface area contributed by atoms with Crippen molar-refractivity contribution in [1.82, 2.24) is 14.8 Å². The summed E-state index contributed by atoms with van der Waals surface area (Å²) in [6.07, 6.45) is 2.61. The summed E-state index contributed by atoms with van der Waals surface area (Å²) >= 11 is 0. The number of rotatable bonds is 3. The number of nitrogens with zero attached hydrogens (tertiary/aromatic N) is 3. The number of para-hydroxylation sites is 1. The van der Waals surface area contributed by atoms with Crippen molar-refractivity contribution in [2.75, 3.05) is 20.2 Å². The SMILES string of the molecule is COc1ccccc1C(=O)N1CCC(N2C(=O)c3cccnc3C2=O)CC1. The normalized spacial score (nSPS) is 17.2. The average Bonchev–Trinajstić information content (AvgIpc) is 2.98. The van der Waals surface area contributed by atoms with E-state index in [1.165, 1.54) is 18.2 Å². The molecule has 7 nitrogen and oxygen atoms in total. The monoisotopic (exact) mass is 365 g/mol. The van der Waals surface area contributed by atoms with Crippen molar-refractivity contribution in [3.63, 3.8) is 0 Å². The minimum atomic E-state index is -0.342. The van der Waals surface area contributed by atoms with Crippen LogP contribution in [0.4, 0.5) is 0 Å². The molecule has 2 aromatic rings. The number of hydrogen-bond acceptors (Lipinski definition) is 5. The molecule has 2 aliphatic heterocycles. The molecule has 0 N–H and O–H groups in total. The average molecular weight is 365 g/mol. The molecule has 0 radical (unpaired) electrons.